The molecular weight excluding hydrogens is 258 g/mol. The molecule has 3 rings (SSSR count). The molecule has 2 aromatic rings. The van der Waals surface area contributed by atoms with Crippen molar-refractivity contribution in [3.05, 3.63) is 70.8 Å². The van der Waals surface area contributed by atoms with E-state index in [1.165, 1.54) is 16.7 Å². The molecule has 1 aliphatic carbocycles. The van der Waals surface area contributed by atoms with Gasteiger partial charge in [0, 0.05) is 12.0 Å². The molecule has 0 aliphatic heterocycles. The summed E-state index contributed by atoms with van der Waals surface area (Å²) in [7, 11) is 0. The van der Waals surface area contributed by atoms with Crippen LogP contribution in [-0.2, 0) is 17.4 Å². The number of hydrogen-bond acceptors (Lipinski definition) is 2. The number of nitrogens with two attached hydrogens (primary N) is 1. The van der Waals surface area contributed by atoms with Crippen LogP contribution in [0.1, 0.15) is 35.6 Å². The van der Waals surface area contributed by atoms with Gasteiger partial charge in [-0.2, -0.15) is 0 Å². The molecule has 0 aromatic heterocycles. The van der Waals surface area contributed by atoms with E-state index in [0.29, 0.717) is 6.54 Å². The van der Waals surface area contributed by atoms with E-state index < -0.39 is 11.0 Å². The number of aryl methyl sites for hydroxylation is 2. The summed E-state index contributed by atoms with van der Waals surface area (Å²) in [4.78, 5) is 0. The van der Waals surface area contributed by atoms with E-state index in [4.69, 9.17) is 5.73 Å². The SMILES string of the molecule is Cc1ccc(C(C)(O)C2(CN)CCc3ccccc32)cc1. The molecular formula is C19H23NO. The maximum Gasteiger partial charge on any atom is 0.0977 e. The molecule has 110 valence electrons. The molecule has 0 radical (unpaired) electrons. The number of fused-ring (bicyclic) bond motifs is 1. The molecule has 0 spiro atoms. The Kier molecular flexibility index (Phi) is 3.39. The molecule has 2 heteroatoms. The van der Waals surface area contributed by atoms with E-state index in [-0.39, 0.29) is 0 Å². The van der Waals surface area contributed by atoms with Gasteiger partial charge in [-0.15, -0.1) is 0 Å². The summed E-state index contributed by atoms with van der Waals surface area (Å²) in [6.07, 6.45) is 1.87. The Hall–Kier alpha value is -1.64. The van der Waals surface area contributed by atoms with Crippen LogP contribution in [0.3, 0.4) is 0 Å². The molecule has 3 N–H and O–H groups in total. The lowest BCUT2D eigenvalue weighted by molar-refractivity contribution is -0.0259. The highest BCUT2D eigenvalue weighted by atomic mass is 16.3. The first-order chi connectivity index (χ1) is 10.0. The average molecular weight is 281 g/mol. The maximum atomic E-state index is 11.4. The number of rotatable bonds is 3. The summed E-state index contributed by atoms with van der Waals surface area (Å²) in [5.74, 6) is 0. The zero-order chi connectivity index (χ0) is 15.1. The second-order valence-corrected chi connectivity index (χ2v) is 6.38. The molecule has 2 nitrogen and oxygen atoms in total. The van der Waals surface area contributed by atoms with Gasteiger partial charge in [0.15, 0.2) is 0 Å². The van der Waals surface area contributed by atoms with Crippen LogP contribution in [-0.4, -0.2) is 11.7 Å². The van der Waals surface area contributed by atoms with Gasteiger partial charge in [0.1, 0.15) is 0 Å². The van der Waals surface area contributed by atoms with Crippen LogP contribution in [0.15, 0.2) is 48.5 Å². The van der Waals surface area contributed by atoms with Gasteiger partial charge in [0.2, 0.25) is 0 Å². The molecule has 21 heavy (non-hydrogen) atoms. The average Bonchev–Trinajstić information content (AvgIpc) is 2.88. The van der Waals surface area contributed by atoms with Crippen molar-refractivity contribution >= 4 is 0 Å². The molecule has 1 aliphatic rings. The van der Waals surface area contributed by atoms with Crippen molar-refractivity contribution in [1.82, 2.24) is 0 Å². The Bertz CT molecular complexity index is 645. The molecule has 2 aromatic carbocycles. The number of hydrogen-bond donors (Lipinski definition) is 2. The van der Waals surface area contributed by atoms with Crippen molar-refractivity contribution in [2.75, 3.05) is 6.54 Å². The van der Waals surface area contributed by atoms with E-state index in [1.807, 2.05) is 25.1 Å². The first-order valence-corrected chi connectivity index (χ1v) is 7.59. The highest BCUT2D eigenvalue weighted by Crippen LogP contribution is 2.50. The lowest BCUT2D eigenvalue weighted by Gasteiger charge is -2.43. The summed E-state index contributed by atoms with van der Waals surface area (Å²) in [6, 6.07) is 16.5. The predicted octanol–water partition coefficient (Wildman–Crippen LogP) is 3.05. The van der Waals surface area contributed by atoms with Gasteiger partial charge in [-0.1, -0.05) is 54.1 Å². The fraction of sp³-hybridized carbons (Fsp3) is 0.368. The van der Waals surface area contributed by atoms with Crippen LogP contribution in [0.5, 0.6) is 0 Å². The largest absolute Gasteiger partial charge is 0.384 e. The Balaban J connectivity index is 2.14. The fourth-order valence-electron chi connectivity index (χ4n) is 3.76. The summed E-state index contributed by atoms with van der Waals surface area (Å²) in [5, 5.41) is 11.4. The normalized spacial score (nSPS) is 23.6. The van der Waals surface area contributed by atoms with Gasteiger partial charge in [-0.3, -0.25) is 0 Å². The van der Waals surface area contributed by atoms with Gasteiger partial charge in [0.05, 0.1) is 5.60 Å². The Labute approximate surface area is 126 Å². The van der Waals surface area contributed by atoms with Crippen LogP contribution in [0, 0.1) is 6.92 Å². The van der Waals surface area contributed by atoms with E-state index in [1.54, 1.807) is 0 Å². The molecule has 0 saturated heterocycles. The highest BCUT2D eigenvalue weighted by molar-refractivity contribution is 5.45. The fourth-order valence-corrected chi connectivity index (χ4v) is 3.76. The lowest BCUT2D eigenvalue weighted by Crippen LogP contribution is -2.51. The summed E-state index contributed by atoms with van der Waals surface area (Å²) >= 11 is 0. The van der Waals surface area contributed by atoms with E-state index in [2.05, 4.69) is 37.3 Å². The third-order valence-electron chi connectivity index (χ3n) is 5.25. The van der Waals surface area contributed by atoms with Crippen molar-refractivity contribution in [3.8, 4) is 0 Å². The molecule has 0 amide bonds. The zero-order valence-corrected chi connectivity index (χ0v) is 12.8. The molecule has 0 heterocycles. The maximum absolute atomic E-state index is 11.4. The van der Waals surface area contributed by atoms with Crippen LogP contribution in [0.25, 0.3) is 0 Å². The number of aliphatic hydroxyl groups is 1. The van der Waals surface area contributed by atoms with Crippen molar-refractivity contribution in [3.63, 3.8) is 0 Å². The molecule has 0 saturated carbocycles. The van der Waals surface area contributed by atoms with Crippen molar-refractivity contribution < 1.29 is 5.11 Å². The van der Waals surface area contributed by atoms with E-state index >= 15 is 0 Å². The molecule has 0 fully saturated rings. The predicted molar refractivity (Wildman–Crippen MR) is 86.2 cm³/mol. The minimum absolute atomic E-state index is 0.404. The van der Waals surface area contributed by atoms with Crippen molar-refractivity contribution in [2.24, 2.45) is 5.73 Å². The monoisotopic (exact) mass is 281 g/mol. The molecule has 2 unspecified atom stereocenters. The van der Waals surface area contributed by atoms with Crippen LogP contribution in [0.4, 0.5) is 0 Å². The second kappa shape index (κ2) is 4.97. The summed E-state index contributed by atoms with van der Waals surface area (Å²) < 4.78 is 0. The Morgan fingerprint density at radius 2 is 1.81 bits per heavy atom. The minimum Gasteiger partial charge on any atom is -0.384 e. The van der Waals surface area contributed by atoms with Crippen molar-refractivity contribution in [1.29, 1.82) is 0 Å². The van der Waals surface area contributed by atoms with E-state index in [0.717, 1.165) is 18.4 Å². The topological polar surface area (TPSA) is 46.2 Å². The van der Waals surface area contributed by atoms with Gasteiger partial charge in [0.25, 0.3) is 0 Å². The standard InChI is InChI=1S/C19H23NO/c1-14-7-9-16(10-8-14)18(2,21)19(13-20)12-11-15-5-3-4-6-17(15)19/h3-10,21H,11-13,20H2,1-2H3. The molecule has 2 atom stereocenters. The van der Waals surface area contributed by atoms with Crippen LogP contribution in [0.2, 0.25) is 0 Å². The molecule has 0 bridgehead atoms. The first-order valence-electron chi connectivity index (χ1n) is 7.59. The van der Waals surface area contributed by atoms with Gasteiger partial charge >= 0.3 is 0 Å². The smallest absolute Gasteiger partial charge is 0.0977 e. The third kappa shape index (κ3) is 2.02. The third-order valence-corrected chi connectivity index (χ3v) is 5.25. The van der Waals surface area contributed by atoms with Gasteiger partial charge < -0.3 is 10.8 Å². The summed E-state index contributed by atoms with van der Waals surface area (Å²) in [6.45, 7) is 4.42. The van der Waals surface area contributed by atoms with E-state index in [9.17, 15) is 5.11 Å². The van der Waals surface area contributed by atoms with Gasteiger partial charge in [-0.05, 0) is 43.4 Å². The Morgan fingerprint density at radius 3 is 2.48 bits per heavy atom. The minimum atomic E-state index is -0.970. The van der Waals surface area contributed by atoms with Crippen LogP contribution < -0.4 is 5.73 Å². The van der Waals surface area contributed by atoms with Crippen molar-refractivity contribution in [2.45, 2.75) is 37.7 Å². The zero-order valence-electron chi connectivity index (χ0n) is 12.8. The Morgan fingerprint density at radius 1 is 1.14 bits per heavy atom. The first kappa shape index (κ1) is 14.3. The van der Waals surface area contributed by atoms with Crippen LogP contribution >= 0.6 is 0 Å². The highest BCUT2D eigenvalue weighted by Gasteiger charge is 2.51. The second-order valence-electron chi connectivity index (χ2n) is 6.38. The lowest BCUT2D eigenvalue weighted by atomic mass is 9.65. The quantitative estimate of drug-likeness (QED) is 0.908. The van der Waals surface area contributed by atoms with Gasteiger partial charge in [-0.25, -0.2) is 0 Å². The number of benzene rings is 2. The summed E-state index contributed by atoms with van der Waals surface area (Å²) in [5.41, 5.74) is 9.46.